The predicted molar refractivity (Wildman–Crippen MR) is 258 cm³/mol. The van der Waals surface area contributed by atoms with Gasteiger partial charge in [-0.05, 0) is 108 Å². The molecule has 0 radical (unpaired) electrons. The molecule has 13 rings (SSSR count). The molecule has 63 heavy (non-hydrogen) atoms. The molecule has 8 aromatic carbocycles. The van der Waals surface area contributed by atoms with Gasteiger partial charge in [-0.2, -0.15) is 0 Å². The van der Waals surface area contributed by atoms with Crippen LogP contribution in [0.1, 0.15) is 49.9 Å². The molecule has 0 spiro atoms. The first kappa shape index (κ1) is 35.9. The normalized spacial score (nSPS) is 14.3. The second kappa shape index (κ2) is 12.9. The summed E-state index contributed by atoms with van der Waals surface area (Å²) in [5, 5.41) is 4.48. The van der Waals surface area contributed by atoms with Crippen molar-refractivity contribution in [3.05, 3.63) is 204 Å². The lowest BCUT2D eigenvalue weighted by atomic mass is 9.74. The molecule has 5 nitrogen and oxygen atoms in total. The van der Waals surface area contributed by atoms with Crippen molar-refractivity contribution in [2.24, 2.45) is 0 Å². The van der Waals surface area contributed by atoms with Gasteiger partial charge in [-0.15, -0.1) is 0 Å². The van der Waals surface area contributed by atoms with Crippen molar-refractivity contribution in [3.63, 3.8) is 0 Å². The SMILES string of the molecule is CC1(C)c2cc(N(c3ccccc3)c3ccc4c(c3)oc3ccccc34)ccc2-c2oc3c(c21)C(C)(C)c1cc(N(c2ccccc2)c2ccc4c(c2)oc2ccccc24)ccc1-3. The molecule has 0 N–H and O–H groups in total. The van der Waals surface area contributed by atoms with E-state index in [9.17, 15) is 0 Å². The Hall–Kier alpha value is -7.76. The van der Waals surface area contributed by atoms with E-state index in [2.05, 4.69) is 195 Å². The monoisotopic (exact) mass is 814 g/mol. The van der Waals surface area contributed by atoms with Crippen LogP contribution in [0.15, 0.2) is 195 Å². The average molecular weight is 815 g/mol. The molecular formula is C58H42N2O3. The molecule has 0 atom stereocenters. The van der Waals surface area contributed by atoms with Crippen molar-refractivity contribution in [2.45, 2.75) is 38.5 Å². The summed E-state index contributed by atoms with van der Waals surface area (Å²) in [6.45, 7) is 9.45. The van der Waals surface area contributed by atoms with Gasteiger partial charge in [0.05, 0.1) is 0 Å². The maximum Gasteiger partial charge on any atom is 0.139 e. The molecule has 0 saturated heterocycles. The summed E-state index contributed by atoms with van der Waals surface area (Å²) in [5.41, 5.74) is 16.6. The Morgan fingerprint density at radius 3 is 1.13 bits per heavy atom. The van der Waals surface area contributed by atoms with Crippen molar-refractivity contribution in [3.8, 4) is 22.6 Å². The van der Waals surface area contributed by atoms with Gasteiger partial charge < -0.3 is 23.1 Å². The Balaban J connectivity index is 0.905. The summed E-state index contributed by atoms with van der Waals surface area (Å²) in [5.74, 6) is 1.96. The zero-order chi connectivity index (χ0) is 42.2. The molecule has 2 aliphatic carbocycles. The largest absolute Gasteiger partial charge is 0.456 e. The lowest BCUT2D eigenvalue weighted by Gasteiger charge is -2.30. The zero-order valence-electron chi connectivity index (χ0n) is 35.4. The predicted octanol–water partition coefficient (Wildman–Crippen LogP) is 16.6. The van der Waals surface area contributed by atoms with Gasteiger partial charge in [0.2, 0.25) is 0 Å². The highest BCUT2D eigenvalue weighted by Crippen LogP contribution is 2.62. The molecule has 0 unspecified atom stereocenters. The third-order valence-corrected chi connectivity index (χ3v) is 13.8. The van der Waals surface area contributed by atoms with E-state index in [0.29, 0.717) is 0 Å². The fourth-order valence-electron chi connectivity index (χ4n) is 10.8. The number of para-hydroxylation sites is 4. The fraction of sp³-hybridized carbons (Fsp3) is 0.103. The van der Waals surface area contributed by atoms with Crippen LogP contribution >= 0.6 is 0 Å². The van der Waals surface area contributed by atoms with Crippen LogP contribution in [-0.4, -0.2) is 0 Å². The van der Waals surface area contributed by atoms with Gasteiger partial charge in [-0.1, -0.05) is 100 Å². The van der Waals surface area contributed by atoms with Crippen LogP contribution in [0.25, 0.3) is 66.5 Å². The van der Waals surface area contributed by atoms with Crippen LogP contribution < -0.4 is 9.80 Å². The molecule has 0 aliphatic heterocycles. The second-order valence-electron chi connectivity index (χ2n) is 18.1. The summed E-state index contributed by atoms with van der Waals surface area (Å²) < 4.78 is 19.9. The number of hydrogen-bond donors (Lipinski definition) is 0. The molecule has 0 amide bonds. The number of furan rings is 3. The molecule has 3 aromatic heterocycles. The smallest absolute Gasteiger partial charge is 0.139 e. The Morgan fingerprint density at radius 1 is 0.317 bits per heavy atom. The van der Waals surface area contributed by atoms with Gasteiger partial charge in [0, 0.05) is 101 Å². The topological polar surface area (TPSA) is 45.9 Å². The van der Waals surface area contributed by atoms with E-state index in [1.165, 1.54) is 22.3 Å². The van der Waals surface area contributed by atoms with E-state index in [4.69, 9.17) is 13.3 Å². The highest BCUT2D eigenvalue weighted by molar-refractivity contribution is 6.07. The number of rotatable bonds is 6. The van der Waals surface area contributed by atoms with Crippen LogP contribution in [0.2, 0.25) is 0 Å². The van der Waals surface area contributed by atoms with E-state index >= 15 is 0 Å². The van der Waals surface area contributed by atoms with E-state index in [1.54, 1.807) is 0 Å². The molecule has 0 saturated carbocycles. The lowest BCUT2D eigenvalue weighted by Crippen LogP contribution is -2.23. The van der Waals surface area contributed by atoms with Crippen LogP contribution in [0, 0.1) is 0 Å². The van der Waals surface area contributed by atoms with Gasteiger partial charge in [0.1, 0.15) is 33.9 Å². The Bertz CT molecular complexity index is 3400. The average Bonchev–Trinajstić information content (AvgIpc) is 4.09. The summed E-state index contributed by atoms with van der Waals surface area (Å²) >= 11 is 0. The van der Waals surface area contributed by atoms with Crippen LogP contribution in [0.3, 0.4) is 0 Å². The van der Waals surface area contributed by atoms with E-state index < -0.39 is 0 Å². The van der Waals surface area contributed by atoms with Crippen molar-refractivity contribution in [2.75, 3.05) is 9.80 Å². The number of fused-ring (bicyclic) bond motifs is 13. The molecule has 0 bridgehead atoms. The standard InChI is InChI=1S/C58H42N2O3/c1-57(2)47-31-37(59(35-15-7-5-8-16-35)39-23-27-43-41-19-11-13-21-49(41)61-51(43)33-39)25-29-45(47)55-53(57)54-56(63-55)46-30-26-38(32-48(46)58(54,3)4)60(36-17-9-6-10-18-36)40-24-28-44-42-20-12-14-22-50(42)62-52(44)34-40/h5-34H,1-4H3. The summed E-state index contributed by atoms with van der Waals surface area (Å²) in [6, 6.07) is 64.6. The number of anilines is 6. The fourth-order valence-corrected chi connectivity index (χ4v) is 10.8. The minimum Gasteiger partial charge on any atom is -0.456 e. The molecule has 11 aromatic rings. The van der Waals surface area contributed by atoms with Gasteiger partial charge in [-0.3, -0.25) is 0 Å². The van der Waals surface area contributed by atoms with Crippen molar-refractivity contribution < 1.29 is 13.3 Å². The Morgan fingerprint density at radius 2 is 0.683 bits per heavy atom. The third-order valence-electron chi connectivity index (χ3n) is 13.8. The second-order valence-corrected chi connectivity index (χ2v) is 18.1. The van der Waals surface area contributed by atoms with Crippen LogP contribution in [-0.2, 0) is 10.8 Å². The zero-order valence-corrected chi connectivity index (χ0v) is 35.4. The third kappa shape index (κ3) is 5.11. The Labute approximate surface area is 365 Å². The molecule has 5 heteroatoms. The molecule has 2 aliphatic rings. The van der Waals surface area contributed by atoms with Crippen LogP contribution in [0.5, 0.6) is 0 Å². The highest BCUT2D eigenvalue weighted by Gasteiger charge is 2.50. The number of benzene rings is 8. The van der Waals surface area contributed by atoms with Crippen molar-refractivity contribution in [1.29, 1.82) is 0 Å². The maximum atomic E-state index is 7.13. The van der Waals surface area contributed by atoms with Gasteiger partial charge in [0.25, 0.3) is 0 Å². The lowest BCUT2D eigenvalue weighted by molar-refractivity contribution is 0.592. The minimum atomic E-state index is -0.330. The summed E-state index contributed by atoms with van der Waals surface area (Å²) in [4.78, 5) is 4.67. The van der Waals surface area contributed by atoms with E-state index in [1.807, 2.05) is 24.3 Å². The van der Waals surface area contributed by atoms with Crippen molar-refractivity contribution in [1.82, 2.24) is 0 Å². The molecule has 3 heterocycles. The number of nitrogens with zero attached hydrogens (tertiary/aromatic N) is 2. The van der Waals surface area contributed by atoms with Gasteiger partial charge in [-0.25, -0.2) is 0 Å². The maximum absolute atomic E-state index is 7.13. The first-order chi connectivity index (χ1) is 30.7. The Kier molecular flexibility index (Phi) is 7.35. The quantitative estimate of drug-likeness (QED) is 0.167. The first-order valence-corrected chi connectivity index (χ1v) is 21.7. The van der Waals surface area contributed by atoms with E-state index in [0.717, 1.165) is 101 Å². The minimum absolute atomic E-state index is 0.330. The van der Waals surface area contributed by atoms with Crippen LogP contribution in [0.4, 0.5) is 34.1 Å². The van der Waals surface area contributed by atoms with Gasteiger partial charge >= 0.3 is 0 Å². The summed E-state index contributed by atoms with van der Waals surface area (Å²) in [7, 11) is 0. The molecular weight excluding hydrogens is 773 g/mol. The van der Waals surface area contributed by atoms with Crippen molar-refractivity contribution >= 4 is 78.0 Å². The molecule has 302 valence electrons. The first-order valence-electron chi connectivity index (χ1n) is 21.7. The van der Waals surface area contributed by atoms with E-state index in [-0.39, 0.29) is 10.8 Å². The van der Waals surface area contributed by atoms with Gasteiger partial charge in [0.15, 0.2) is 0 Å². The highest BCUT2D eigenvalue weighted by atomic mass is 16.3. The molecule has 0 fully saturated rings. The number of hydrogen-bond acceptors (Lipinski definition) is 5. The summed E-state index contributed by atoms with van der Waals surface area (Å²) in [6.07, 6.45) is 0.